The maximum absolute atomic E-state index is 5.15. The summed E-state index contributed by atoms with van der Waals surface area (Å²) in [6.07, 6.45) is 2.35. The zero-order valence-corrected chi connectivity index (χ0v) is 19.8. The molecule has 0 saturated heterocycles. The summed E-state index contributed by atoms with van der Waals surface area (Å²) < 4.78 is 0. The normalized spacial score (nSPS) is 15.3. The van der Waals surface area contributed by atoms with Crippen molar-refractivity contribution in [2.24, 2.45) is 4.99 Å². The first-order valence-corrected chi connectivity index (χ1v) is 11.6. The number of allylic oxidation sites excluding steroid dienone is 1. The lowest BCUT2D eigenvalue weighted by atomic mass is 9.82. The van der Waals surface area contributed by atoms with Gasteiger partial charge in [0.05, 0.1) is 5.69 Å². The highest BCUT2D eigenvalue weighted by Crippen LogP contribution is 2.46. The van der Waals surface area contributed by atoms with E-state index in [4.69, 9.17) is 4.99 Å². The van der Waals surface area contributed by atoms with E-state index in [-0.39, 0.29) is 5.92 Å². The van der Waals surface area contributed by atoms with Gasteiger partial charge in [-0.25, -0.2) is 0 Å². The van der Waals surface area contributed by atoms with Crippen LogP contribution in [-0.4, -0.2) is 5.71 Å². The van der Waals surface area contributed by atoms with E-state index < -0.39 is 0 Å². The maximum Gasteiger partial charge on any atom is 0.0691 e. The number of fused-ring (bicyclic) bond motifs is 1. The van der Waals surface area contributed by atoms with Crippen LogP contribution in [0.1, 0.15) is 57.3 Å². The summed E-state index contributed by atoms with van der Waals surface area (Å²) in [6, 6.07) is 32.7. The molecule has 0 bridgehead atoms. The van der Waals surface area contributed by atoms with Gasteiger partial charge in [0, 0.05) is 11.6 Å². The zero-order valence-electron chi connectivity index (χ0n) is 19.8. The van der Waals surface area contributed by atoms with E-state index in [2.05, 4.69) is 125 Å². The van der Waals surface area contributed by atoms with E-state index in [1.54, 1.807) is 0 Å². The van der Waals surface area contributed by atoms with E-state index in [0.717, 1.165) is 11.4 Å². The van der Waals surface area contributed by atoms with Crippen LogP contribution in [0.25, 0.3) is 11.6 Å². The van der Waals surface area contributed by atoms with Gasteiger partial charge in [-0.15, -0.1) is 0 Å². The predicted molar refractivity (Wildman–Crippen MR) is 142 cm³/mol. The lowest BCUT2D eigenvalue weighted by Crippen LogP contribution is -2.08. The Labute approximate surface area is 197 Å². The second-order valence-corrected chi connectivity index (χ2v) is 9.06. The van der Waals surface area contributed by atoms with E-state index in [9.17, 15) is 0 Å². The maximum atomic E-state index is 5.15. The summed E-state index contributed by atoms with van der Waals surface area (Å²) in [7, 11) is 0. The topological polar surface area (TPSA) is 12.4 Å². The van der Waals surface area contributed by atoms with Crippen molar-refractivity contribution in [2.75, 3.05) is 0 Å². The smallest absolute Gasteiger partial charge is 0.0691 e. The number of benzene rings is 4. The lowest BCUT2D eigenvalue weighted by Gasteiger charge is -2.21. The van der Waals surface area contributed by atoms with Gasteiger partial charge in [-0.1, -0.05) is 96.6 Å². The molecule has 0 N–H and O–H groups in total. The monoisotopic (exact) mass is 427 g/mol. The number of aryl methyl sites for hydroxylation is 3. The van der Waals surface area contributed by atoms with Crippen LogP contribution in [0.5, 0.6) is 0 Å². The summed E-state index contributed by atoms with van der Waals surface area (Å²) in [6.45, 7) is 8.60. The molecular weight excluding hydrogens is 398 g/mol. The van der Waals surface area contributed by atoms with E-state index in [1.165, 1.54) is 50.1 Å². The van der Waals surface area contributed by atoms with Crippen LogP contribution in [0.2, 0.25) is 0 Å². The molecule has 5 rings (SSSR count). The Balaban J connectivity index is 1.66. The van der Waals surface area contributed by atoms with Gasteiger partial charge >= 0.3 is 0 Å². The highest BCUT2D eigenvalue weighted by atomic mass is 14.8. The second kappa shape index (κ2) is 8.67. The first-order valence-electron chi connectivity index (χ1n) is 11.6. The number of rotatable bonds is 4. The van der Waals surface area contributed by atoms with Crippen LogP contribution in [0.3, 0.4) is 0 Å². The molecule has 0 aromatic heterocycles. The molecule has 0 saturated carbocycles. The van der Waals surface area contributed by atoms with Crippen molar-refractivity contribution in [1.82, 2.24) is 0 Å². The molecule has 1 nitrogen and oxygen atoms in total. The number of hydrogen-bond donors (Lipinski definition) is 0. The molecule has 0 spiro atoms. The fourth-order valence-corrected chi connectivity index (χ4v) is 5.19. The molecule has 33 heavy (non-hydrogen) atoms. The second-order valence-electron chi connectivity index (χ2n) is 9.06. The van der Waals surface area contributed by atoms with Crippen LogP contribution in [0.15, 0.2) is 96.0 Å². The fraction of sp³-hybridized carbons (Fsp3) is 0.156. The third kappa shape index (κ3) is 3.96. The standard InChI is InChI=1S/C32H29N/c1-21-18-22(2)32(23(3)19-21)33-24(4)27-15-10-11-17-29(27)31-28-16-9-8-14-26(28)20-30(31)25-12-6-5-7-13-25/h5-20,31H,1-4H3. The molecule has 4 aromatic carbocycles. The minimum atomic E-state index is 0.185. The van der Waals surface area contributed by atoms with Crippen molar-refractivity contribution in [3.63, 3.8) is 0 Å². The van der Waals surface area contributed by atoms with Crippen molar-refractivity contribution in [3.05, 3.63) is 136 Å². The zero-order chi connectivity index (χ0) is 22.9. The number of aliphatic imine (C=N–C) groups is 1. The fourth-order valence-electron chi connectivity index (χ4n) is 5.19. The highest BCUT2D eigenvalue weighted by molar-refractivity contribution is 6.04. The molecule has 1 atom stereocenters. The van der Waals surface area contributed by atoms with Gasteiger partial charge < -0.3 is 0 Å². The van der Waals surface area contributed by atoms with Crippen molar-refractivity contribution in [2.45, 2.75) is 33.6 Å². The first kappa shape index (κ1) is 21.2. The minimum absolute atomic E-state index is 0.185. The third-order valence-corrected chi connectivity index (χ3v) is 6.61. The molecular formula is C32H29N. The van der Waals surface area contributed by atoms with Gasteiger partial charge in [0.1, 0.15) is 0 Å². The summed E-state index contributed by atoms with van der Waals surface area (Å²) in [5.41, 5.74) is 13.7. The molecule has 0 heterocycles. The van der Waals surface area contributed by atoms with Gasteiger partial charge in [0.2, 0.25) is 0 Å². The summed E-state index contributed by atoms with van der Waals surface area (Å²) in [4.78, 5) is 5.15. The Morgan fingerprint density at radius 1 is 0.697 bits per heavy atom. The average Bonchev–Trinajstić information content (AvgIpc) is 3.21. The van der Waals surface area contributed by atoms with Crippen molar-refractivity contribution in [1.29, 1.82) is 0 Å². The Hall–Kier alpha value is -3.71. The van der Waals surface area contributed by atoms with Crippen LogP contribution >= 0.6 is 0 Å². The van der Waals surface area contributed by atoms with Crippen LogP contribution < -0.4 is 0 Å². The molecule has 1 aliphatic carbocycles. The average molecular weight is 428 g/mol. The predicted octanol–water partition coefficient (Wildman–Crippen LogP) is 8.44. The SMILES string of the molecule is CC(=Nc1c(C)cc(C)cc1C)c1ccccc1C1C(c2ccccc2)=Cc2ccccc21. The molecule has 0 radical (unpaired) electrons. The summed E-state index contributed by atoms with van der Waals surface area (Å²) in [5.74, 6) is 0.185. The third-order valence-electron chi connectivity index (χ3n) is 6.61. The van der Waals surface area contributed by atoms with Gasteiger partial charge in [-0.2, -0.15) is 0 Å². The Morgan fingerprint density at radius 2 is 1.30 bits per heavy atom. The lowest BCUT2D eigenvalue weighted by molar-refractivity contribution is 1.06. The van der Waals surface area contributed by atoms with Crippen molar-refractivity contribution in [3.8, 4) is 0 Å². The van der Waals surface area contributed by atoms with Crippen molar-refractivity contribution >= 4 is 23.0 Å². The minimum Gasteiger partial charge on any atom is -0.253 e. The Kier molecular flexibility index (Phi) is 5.56. The summed E-state index contributed by atoms with van der Waals surface area (Å²) in [5, 5.41) is 0. The largest absolute Gasteiger partial charge is 0.253 e. The molecule has 0 amide bonds. The molecule has 162 valence electrons. The molecule has 0 aliphatic heterocycles. The highest BCUT2D eigenvalue weighted by Gasteiger charge is 2.29. The van der Waals surface area contributed by atoms with E-state index >= 15 is 0 Å². The molecule has 1 unspecified atom stereocenters. The first-order chi connectivity index (χ1) is 16.0. The van der Waals surface area contributed by atoms with Crippen LogP contribution in [0, 0.1) is 20.8 Å². The van der Waals surface area contributed by atoms with Gasteiger partial charge in [0.15, 0.2) is 0 Å². The molecule has 1 aliphatic rings. The number of hydrogen-bond acceptors (Lipinski definition) is 1. The van der Waals surface area contributed by atoms with E-state index in [0.29, 0.717) is 0 Å². The summed E-state index contributed by atoms with van der Waals surface area (Å²) >= 11 is 0. The molecule has 4 aromatic rings. The number of nitrogens with zero attached hydrogens (tertiary/aromatic N) is 1. The van der Waals surface area contributed by atoms with Gasteiger partial charge in [-0.3, -0.25) is 4.99 Å². The van der Waals surface area contributed by atoms with Crippen LogP contribution in [0.4, 0.5) is 5.69 Å². The Bertz CT molecular complexity index is 1370. The van der Waals surface area contributed by atoms with Gasteiger partial charge in [-0.05, 0) is 78.3 Å². The van der Waals surface area contributed by atoms with E-state index in [1.807, 2.05) is 0 Å². The van der Waals surface area contributed by atoms with Crippen LogP contribution in [-0.2, 0) is 0 Å². The molecule has 1 heteroatoms. The quantitative estimate of drug-likeness (QED) is 0.290. The van der Waals surface area contributed by atoms with Gasteiger partial charge in [0.25, 0.3) is 0 Å². The molecule has 0 fully saturated rings. The Morgan fingerprint density at radius 3 is 2.03 bits per heavy atom. The van der Waals surface area contributed by atoms with Crippen molar-refractivity contribution < 1.29 is 0 Å².